The van der Waals surface area contributed by atoms with Gasteiger partial charge in [0.1, 0.15) is 18.0 Å². The van der Waals surface area contributed by atoms with E-state index in [1.54, 1.807) is 6.33 Å². The number of nitrogens with one attached hydrogen (secondary N) is 2. The van der Waals surface area contributed by atoms with Gasteiger partial charge in [0.05, 0.1) is 0 Å². The molecule has 5 nitrogen and oxygen atoms in total. The standard InChI is InChI=1S/C14H25N5S/c1-3-12-13(15-4-2)17-11-18-14(12)16-5-6-19-7-9-20-10-8-19/h11H,3-10H2,1-2H3,(H2,15,16,17,18). The normalized spacial score (nSPS) is 16.1. The Morgan fingerprint density at radius 2 is 1.85 bits per heavy atom. The van der Waals surface area contributed by atoms with Gasteiger partial charge in [-0.1, -0.05) is 6.92 Å². The summed E-state index contributed by atoms with van der Waals surface area (Å²) in [5.74, 6) is 4.46. The van der Waals surface area contributed by atoms with E-state index in [4.69, 9.17) is 0 Å². The highest BCUT2D eigenvalue weighted by Gasteiger charge is 2.11. The molecule has 6 heteroatoms. The molecule has 0 amide bonds. The largest absolute Gasteiger partial charge is 0.370 e. The molecule has 2 N–H and O–H groups in total. The van der Waals surface area contributed by atoms with Crippen LogP contribution in [-0.2, 0) is 6.42 Å². The summed E-state index contributed by atoms with van der Waals surface area (Å²) in [7, 11) is 0. The maximum Gasteiger partial charge on any atom is 0.134 e. The molecule has 0 saturated carbocycles. The van der Waals surface area contributed by atoms with E-state index in [9.17, 15) is 0 Å². The highest BCUT2D eigenvalue weighted by atomic mass is 32.2. The number of hydrogen-bond acceptors (Lipinski definition) is 6. The zero-order valence-corrected chi connectivity index (χ0v) is 13.3. The Morgan fingerprint density at radius 3 is 2.50 bits per heavy atom. The highest BCUT2D eigenvalue weighted by molar-refractivity contribution is 7.99. The Balaban J connectivity index is 1.89. The zero-order chi connectivity index (χ0) is 14.2. The summed E-state index contributed by atoms with van der Waals surface area (Å²) in [5, 5.41) is 6.77. The molecule has 1 fully saturated rings. The average Bonchev–Trinajstić information content (AvgIpc) is 2.49. The molecular formula is C14H25N5S. The molecular weight excluding hydrogens is 270 g/mol. The quantitative estimate of drug-likeness (QED) is 0.802. The van der Waals surface area contributed by atoms with Crippen LogP contribution < -0.4 is 10.6 Å². The Morgan fingerprint density at radius 1 is 1.15 bits per heavy atom. The predicted molar refractivity (Wildman–Crippen MR) is 87.8 cm³/mol. The molecule has 2 rings (SSSR count). The summed E-state index contributed by atoms with van der Waals surface area (Å²) in [6.45, 7) is 9.56. The number of hydrogen-bond donors (Lipinski definition) is 2. The van der Waals surface area contributed by atoms with Gasteiger partial charge in [-0.05, 0) is 13.3 Å². The van der Waals surface area contributed by atoms with E-state index < -0.39 is 0 Å². The minimum Gasteiger partial charge on any atom is -0.370 e. The molecule has 20 heavy (non-hydrogen) atoms. The third kappa shape index (κ3) is 4.24. The molecule has 2 heterocycles. The van der Waals surface area contributed by atoms with Gasteiger partial charge < -0.3 is 10.6 Å². The van der Waals surface area contributed by atoms with Crippen molar-refractivity contribution in [2.45, 2.75) is 20.3 Å². The zero-order valence-electron chi connectivity index (χ0n) is 12.5. The number of aromatic nitrogens is 2. The molecule has 0 unspecified atom stereocenters. The Hall–Kier alpha value is -1.01. The summed E-state index contributed by atoms with van der Waals surface area (Å²) < 4.78 is 0. The lowest BCUT2D eigenvalue weighted by Gasteiger charge is -2.26. The van der Waals surface area contributed by atoms with Crippen LogP contribution in [0.4, 0.5) is 11.6 Å². The maximum atomic E-state index is 4.39. The molecule has 0 radical (unpaired) electrons. The Labute approximate surface area is 125 Å². The Kier molecular flexibility index (Phi) is 6.39. The molecule has 0 aliphatic carbocycles. The molecule has 1 aliphatic heterocycles. The van der Waals surface area contributed by atoms with E-state index in [2.05, 4.69) is 51.1 Å². The van der Waals surface area contributed by atoms with Crippen molar-refractivity contribution in [3.63, 3.8) is 0 Å². The van der Waals surface area contributed by atoms with Crippen LogP contribution in [-0.4, -0.2) is 59.1 Å². The van der Waals surface area contributed by atoms with Gasteiger partial charge in [-0.3, -0.25) is 4.90 Å². The van der Waals surface area contributed by atoms with Gasteiger partial charge in [-0.15, -0.1) is 0 Å². The fraction of sp³-hybridized carbons (Fsp3) is 0.714. The molecule has 112 valence electrons. The minimum atomic E-state index is 0.884. The SMILES string of the molecule is CCNc1ncnc(NCCN2CCSCC2)c1CC. The summed E-state index contributed by atoms with van der Waals surface area (Å²) in [6, 6.07) is 0. The lowest BCUT2D eigenvalue weighted by Crippen LogP contribution is -2.36. The first-order valence-corrected chi connectivity index (χ1v) is 8.62. The number of thioether (sulfide) groups is 1. The van der Waals surface area contributed by atoms with Crippen molar-refractivity contribution < 1.29 is 0 Å². The lowest BCUT2D eigenvalue weighted by atomic mass is 10.2. The van der Waals surface area contributed by atoms with E-state index in [-0.39, 0.29) is 0 Å². The van der Waals surface area contributed by atoms with Crippen LogP contribution in [0, 0.1) is 0 Å². The Bertz CT molecular complexity index is 407. The summed E-state index contributed by atoms with van der Waals surface area (Å²) in [6.07, 6.45) is 2.57. The number of anilines is 2. The first-order valence-electron chi connectivity index (χ1n) is 7.46. The fourth-order valence-corrected chi connectivity index (χ4v) is 3.36. The van der Waals surface area contributed by atoms with Crippen molar-refractivity contribution in [2.75, 3.05) is 54.9 Å². The van der Waals surface area contributed by atoms with Gasteiger partial charge in [-0.2, -0.15) is 11.8 Å². The molecule has 0 atom stereocenters. The first kappa shape index (κ1) is 15.4. The smallest absolute Gasteiger partial charge is 0.134 e. The minimum absolute atomic E-state index is 0.884. The van der Waals surface area contributed by atoms with Gasteiger partial charge in [-0.25, -0.2) is 9.97 Å². The summed E-state index contributed by atoms with van der Waals surface area (Å²) >= 11 is 2.05. The first-order chi connectivity index (χ1) is 9.85. The monoisotopic (exact) mass is 295 g/mol. The number of rotatable bonds is 7. The summed E-state index contributed by atoms with van der Waals surface area (Å²) in [5.41, 5.74) is 1.18. The molecule has 1 saturated heterocycles. The molecule has 0 aromatic carbocycles. The van der Waals surface area contributed by atoms with Crippen LogP contribution in [0.25, 0.3) is 0 Å². The van der Waals surface area contributed by atoms with Crippen molar-refractivity contribution in [3.8, 4) is 0 Å². The van der Waals surface area contributed by atoms with Gasteiger partial charge in [0.15, 0.2) is 0 Å². The molecule has 1 aromatic heterocycles. The van der Waals surface area contributed by atoms with Crippen LogP contribution >= 0.6 is 11.8 Å². The van der Waals surface area contributed by atoms with E-state index in [1.165, 1.54) is 30.2 Å². The van der Waals surface area contributed by atoms with E-state index in [1.807, 2.05) is 0 Å². The average molecular weight is 295 g/mol. The summed E-state index contributed by atoms with van der Waals surface area (Å²) in [4.78, 5) is 11.2. The van der Waals surface area contributed by atoms with Crippen molar-refractivity contribution in [3.05, 3.63) is 11.9 Å². The van der Waals surface area contributed by atoms with E-state index in [0.29, 0.717) is 0 Å². The number of nitrogens with zero attached hydrogens (tertiary/aromatic N) is 3. The predicted octanol–water partition coefficient (Wildman–Crippen LogP) is 1.93. The van der Waals surface area contributed by atoms with Gasteiger partial charge in [0.25, 0.3) is 0 Å². The second-order valence-corrected chi connectivity index (χ2v) is 6.04. The molecule has 0 spiro atoms. The van der Waals surface area contributed by atoms with Crippen LogP contribution in [0.2, 0.25) is 0 Å². The second-order valence-electron chi connectivity index (χ2n) is 4.81. The molecule has 1 aliphatic rings. The van der Waals surface area contributed by atoms with Gasteiger partial charge >= 0.3 is 0 Å². The fourth-order valence-electron chi connectivity index (χ4n) is 2.38. The molecule has 0 bridgehead atoms. The van der Waals surface area contributed by atoms with Gasteiger partial charge in [0.2, 0.25) is 0 Å². The van der Waals surface area contributed by atoms with Crippen molar-refractivity contribution in [2.24, 2.45) is 0 Å². The second kappa shape index (κ2) is 8.32. The topological polar surface area (TPSA) is 53.1 Å². The maximum absolute atomic E-state index is 4.39. The van der Waals surface area contributed by atoms with E-state index >= 15 is 0 Å². The third-order valence-corrected chi connectivity index (χ3v) is 4.41. The van der Waals surface area contributed by atoms with Crippen molar-refractivity contribution >= 4 is 23.4 Å². The lowest BCUT2D eigenvalue weighted by molar-refractivity contribution is 0.314. The van der Waals surface area contributed by atoms with E-state index in [0.717, 1.165) is 37.7 Å². The molecule has 1 aromatic rings. The highest BCUT2D eigenvalue weighted by Crippen LogP contribution is 2.20. The van der Waals surface area contributed by atoms with Crippen LogP contribution in [0.5, 0.6) is 0 Å². The van der Waals surface area contributed by atoms with Crippen LogP contribution in [0.3, 0.4) is 0 Å². The van der Waals surface area contributed by atoms with Crippen LogP contribution in [0.15, 0.2) is 6.33 Å². The van der Waals surface area contributed by atoms with Crippen molar-refractivity contribution in [1.82, 2.24) is 14.9 Å². The third-order valence-electron chi connectivity index (χ3n) is 3.47. The van der Waals surface area contributed by atoms with Crippen LogP contribution in [0.1, 0.15) is 19.4 Å². The van der Waals surface area contributed by atoms with Gasteiger partial charge in [0, 0.05) is 49.8 Å². The van der Waals surface area contributed by atoms with Crippen molar-refractivity contribution in [1.29, 1.82) is 0 Å².